The summed E-state index contributed by atoms with van der Waals surface area (Å²) >= 11 is 0. The molecule has 62 heavy (non-hydrogen) atoms. The molecule has 0 heterocycles. The van der Waals surface area contributed by atoms with Crippen molar-refractivity contribution in [1.29, 1.82) is 0 Å². The molecule has 0 aromatic rings. The van der Waals surface area contributed by atoms with Crippen LogP contribution in [0.5, 0.6) is 0 Å². The molecule has 9 heteroatoms. The summed E-state index contributed by atoms with van der Waals surface area (Å²) in [5.41, 5.74) is 0. The number of aliphatic hydroxyl groups is 1. The van der Waals surface area contributed by atoms with E-state index in [1.165, 1.54) is 218 Å². The Morgan fingerprint density at radius 1 is 0.484 bits per heavy atom. The van der Waals surface area contributed by atoms with Crippen LogP contribution in [0.1, 0.15) is 284 Å². The van der Waals surface area contributed by atoms with Gasteiger partial charge in [-0.15, -0.1) is 0 Å². The highest BCUT2D eigenvalue weighted by Crippen LogP contribution is 2.43. The Hall–Kier alpha value is -0.500. The number of aliphatic hydroxyl groups excluding tert-OH is 1. The van der Waals surface area contributed by atoms with E-state index < -0.39 is 20.0 Å². The van der Waals surface area contributed by atoms with Gasteiger partial charge in [0.05, 0.1) is 39.9 Å². The Labute approximate surface area is 387 Å². The first kappa shape index (κ1) is 61.5. The fourth-order valence-electron chi connectivity index (χ4n) is 8.52. The minimum Gasteiger partial charge on any atom is -0.391 e. The van der Waals surface area contributed by atoms with Gasteiger partial charge in [0.2, 0.25) is 5.91 Å². The number of phosphoric ester groups is 1. The normalized spacial score (nSPS) is 14.0. The van der Waals surface area contributed by atoms with Gasteiger partial charge in [0.25, 0.3) is 0 Å². The second-order valence-corrected chi connectivity index (χ2v) is 21.8. The van der Waals surface area contributed by atoms with Gasteiger partial charge in [-0.2, -0.15) is 0 Å². The minimum absolute atomic E-state index is 0.0788. The average Bonchev–Trinajstić information content (AvgIpc) is 3.23. The Balaban J connectivity index is 4.03. The Bertz CT molecular complexity index is 978. The molecule has 8 nitrogen and oxygen atoms in total. The molecule has 0 saturated heterocycles. The molecule has 1 amide bonds. The number of carbonyl (C=O) groups excluding carboxylic acids is 1. The van der Waals surface area contributed by atoms with E-state index in [9.17, 15) is 19.4 Å². The molecule has 0 aliphatic heterocycles. The highest BCUT2D eigenvalue weighted by atomic mass is 31.2. The van der Waals surface area contributed by atoms with Crippen LogP contribution < -0.4 is 5.32 Å². The molecule has 0 saturated carbocycles. The van der Waals surface area contributed by atoms with Crippen LogP contribution in [0.2, 0.25) is 0 Å². The van der Waals surface area contributed by atoms with Crippen LogP contribution >= 0.6 is 7.82 Å². The first-order valence-electron chi connectivity index (χ1n) is 27.4. The van der Waals surface area contributed by atoms with E-state index in [-0.39, 0.29) is 19.1 Å². The predicted octanol–water partition coefficient (Wildman–Crippen LogP) is 16.1. The lowest BCUT2D eigenvalue weighted by Crippen LogP contribution is -2.46. The minimum atomic E-state index is -4.31. The number of unbranched alkanes of at least 4 members (excludes halogenated alkanes) is 38. The van der Waals surface area contributed by atoms with Crippen LogP contribution in [0.3, 0.4) is 0 Å². The van der Waals surface area contributed by atoms with Gasteiger partial charge in [-0.1, -0.05) is 264 Å². The summed E-state index contributed by atoms with van der Waals surface area (Å²) in [5, 5.41) is 14.0. The standard InChI is InChI=1S/C53H109N2O6P/c1-6-8-10-12-14-16-18-20-21-22-23-24-25-26-27-28-29-30-31-32-33-34-35-36-38-40-42-44-46-52(56)51(50-61-62(58,59)60-49-48-55(3,4)5)54-53(57)47-45-43-41-39-37-19-17-15-13-11-9-7-2/h51-52,56H,6-50H2,1-5H3,(H-,54,57,58,59)/p+1. The summed E-state index contributed by atoms with van der Waals surface area (Å²) in [6, 6.07) is -0.753. The molecule has 3 N–H and O–H groups in total. The molecular formula is C53H110N2O6P+. The number of carbonyl (C=O) groups is 1. The third-order valence-electron chi connectivity index (χ3n) is 12.9. The summed E-state index contributed by atoms with van der Waals surface area (Å²) in [6.07, 6.45) is 53.0. The number of hydrogen-bond acceptors (Lipinski definition) is 5. The lowest BCUT2D eigenvalue weighted by Gasteiger charge is -2.26. The Kier molecular flexibility index (Phi) is 45.3. The highest BCUT2D eigenvalue weighted by Gasteiger charge is 2.28. The van der Waals surface area contributed by atoms with Crippen molar-refractivity contribution in [2.45, 2.75) is 296 Å². The SMILES string of the molecule is CCCCCCCCCCCCCCCCCCCCCCCCCCCCCCC(O)C(COP(=O)(O)OCC[N+](C)(C)C)NC(=O)CCCCCCCCCCCCCC. The van der Waals surface area contributed by atoms with Crippen molar-refractivity contribution in [3.63, 3.8) is 0 Å². The van der Waals surface area contributed by atoms with Gasteiger partial charge in [0.15, 0.2) is 0 Å². The van der Waals surface area contributed by atoms with E-state index in [4.69, 9.17) is 9.05 Å². The van der Waals surface area contributed by atoms with Crippen molar-refractivity contribution in [2.24, 2.45) is 0 Å². The van der Waals surface area contributed by atoms with Crippen LogP contribution in [0.15, 0.2) is 0 Å². The van der Waals surface area contributed by atoms with Crippen molar-refractivity contribution in [1.82, 2.24) is 5.32 Å². The molecule has 3 atom stereocenters. The van der Waals surface area contributed by atoms with Crippen molar-refractivity contribution in [3.05, 3.63) is 0 Å². The quantitative estimate of drug-likeness (QED) is 0.0319. The fourth-order valence-corrected chi connectivity index (χ4v) is 9.26. The monoisotopic (exact) mass is 902 g/mol. The van der Waals surface area contributed by atoms with Gasteiger partial charge in [-0.05, 0) is 12.8 Å². The first-order chi connectivity index (χ1) is 30.0. The molecule has 0 spiro atoms. The molecule has 0 aromatic heterocycles. The number of amides is 1. The van der Waals surface area contributed by atoms with Crippen LogP contribution in [-0.2, 0) is 18.4 Å². The lowest BCUT2D eigenvalue weighted by atomic mass is 10.0. The molecule has 0 aromatic carbocycles. The summed E-state index contributed by atoms with van der Waals surface area (Å²) in [7, 11) is 1.63. The maximum Gasteiger partial charge on any atom is 0.472 e. The molecule has 0 aliphatic carbocycles. The second-order valence-electron chi connectivity index (χ2n) is 20.3. The van der Waals surface area contributed by atoms with E-state index in [0.717, 1.165) is 38.5 Å². The third kappa shape index (κ3) is 47.5. The number of nitrogens with zero attached hydrogens (tertiary/aromatic N) is 1. The number of rotatable bonds is 51. The smallest absolute Gasteiger partial charge is 0.391 e. The van der Waals surface area contributed by atoms with Gasteiger partial charge in [-0.3, -0.25) is 13.8 Å². The maximum absolute atomic E-state index is 12.9. The van der Waals surface area contributed by atoms with Gasteiger partial charge in [-0.25, -0.2) is 4.57 Å². The number of likely N-dealkylation sites (N-methyl/N-ethyl adjacent to an activating group) is 1. The van der Waals surface area contributed by atoms with Gasteiger partial charge >= 0.3 is 7.82 Å². The zero-order chi connectivity index (χ0) is 45.7. The largest absolute Gasteiger partial charge is 0.472 e. The van der Waals surface area contributed by atoms with E-state index in [1.807, 2.05) is 21.1 Å². The van der Waals surface area contributed by atoms with Crippen LogP contribution in [-0.4, -0.2) is 73.4 Å². The first-order valence-corrected chi connectivity index (χ1v) is 28.9. The molecule has 0 rings (SSSR count). The van der Waals surface area contributed by atoms with E-state index >= 15 is 0 Å². The fraction of sp³-hybridized carbons (Fsp3) is 0.981. The maximum atomic E-state index is 12.9. The van der Waals surface area contributed by atoms with Crippen molar-refractivity contribution in [2.75, 3.05) is 40.9 Å². The number of hydrogen-bond donors (Lipinski definition) is 3. The van der Waals surface area contributed by atoms with Crippen LogP contribution in [0, 0.1) is 0 Å². The van der Waals surface area contributed by atoms with Crippen molar-refractivity contribution in [3.8, 4) is 0 Å². The molecule has 0 radical (unpaired) electrons. The number of phosphoric acid groups is 1. The topological polar surface area (TPSA) is 105 Å². The van der Waals surface area contributed by atoms with Gasteiger partial charge in [0.1, 0.15) is 13.2 Å². The molecule has 372 valence electrons. The average molecular weight is 902 g/mol. The molecular weight excluding hydrogens is 792 g/mol. The molecule has 0 bridgehead atoms. The van der Waals surface area contributed by atoms with Crippen LogP contribution in [0.4, 0.5) is 0 Å². The van der Waals surface area contributed by atoms with Crippen molar-refractivity contribution < 1.29 is 32.9 Å². The summed E-state index contributed by atoms with van der Waals surface area (Å²) in [4.78, 5) is 23.2. The van der Waals surface area contributed by atoms with Gasteiger partial charge < -0.3 is 19.8 Å². The van der Waals surface area contributed by atoms with Crippen LogP contribution in [0.25, 0.3) is 0 Å². The molecule has 0 fully saturated rings. The van der Waals surface area contributed by atoms with E-state index in [0.29, 0.717) is 23.9 Å². The predicted molar refractivity (Wildman–Crippen MR) is 268 cm³/mol. The highest BCUT2D eigenvalue weighted by molar-refractivity contribution is 7.47. The molecule has 0 aliphatic rings. The zero-order valence-corrected chi connectivity index (χ0v) is 43.3. The Morgan fingerprint density at radius 2 is 0.774 bits per heavy atom. The second kappa shape index (κ2) is 45.6. The lowest BCUT2D eigenvalue weighted by molar-refractivity contribution is -0.870. The third-order valence-corrected chi connectivity index (χ3v) is 13.8. The van der Waals surface area contributed by atoms with Gasteiger partial charge in [0, 0.05) is 6.42 Å². The molecule has 3 unspecified atom stereocenters. The van der Waals surface area contributed by atoms with E-state index in [1.54, 1.807) is 0 Å². The summed E-state index contributed by atoms with van der Waals surface area (Å²) < 4.78 is 23.7. The van der Waals surface area contributed by atoms with Crippen molar-refractivity contribution >= 4 is 13.7 Å². The summed E-state index contributed by atoms with van der Waals surface area (Å²) in [6.45, 7) is 4.92. The van der Waals surface area contributed by atoms with E-state index in [2.05, 4.69) is 19.2 Å². The number of quaternary nitrogens is 1. The number of nitrogens with one attached hydrogen (secondary N) is 1. The Morgan fingerprint density at radius 3 is 1.08 bits per heavy atom. The summed E-state index contributed by atoms with van der Waals surface area (Å²) in [5.74, 6) is -0.140. The zero-order valence-electron chi connectivity index (χ0n) is 42.4.